The van der Waals surface area contributed by atoms with Gasteiger partial charge in [0.25, 0.3) is 5.56 Å². The molecule has 0 fully saturated rings. The number of fused-ring (bicyclic) bond motifs is 1. The SMILES string of the molecule is CC(NC(=O)O)c1nc2cccc(CCC(N)=O)c2c(=O)n1-c1cc(F)cc(F)c1. The first-order valence-corrected chi connectivity index (χ1v) is 8.96. The van der Waals surface area contributed by atoms with Crippen molar-refractivity contribution in [1.29, 1.82) is 0 Å². The zero-order chi connectivity index (χ0) is 22.0. The lowest BCUT2D eigenvalue weighted by Crippen LogP contribution is -2.32. The lowest BCUT2D eigenvalue weighted by atomic mass is 10.0. The zero-order valence-corrected chi connectivity index (χ0v) is 15.9. The first-order valence-electron chi connectivity index (χ1n) is 8.96. The molecule has 30 heavy (non-hydrogen) atoms. The Morgan fingerprint density at radius 3 is 2.50 bits per heavy atom. The molecule has 1 atom stereocenters. The highest BCUT2D eigenvalue weighted by molar-refractivity contribution is 5.83. The summed E-state index contributed by atoms with van der Waals surface area (Å²) in [5.41, 5.74) is 5.14. The Hall–Kier alpha value is -3.82. The van der Waals surface area contributed by atoms with Gasteiger partial charge in [-0.15, -0.1) is 0 Å². The standard InChI is InChI=1S/C20H18F2N4O4/c1-10(24-20(29)30)18-25-15-4-2-3-11(5-6-16(23)27)17(15)19(28)26(18)14-8-12(21)7-13(22)9-14/h2-4,7-10,24H,5-6H2,1H3,(H2,23,27)(H,29,30). The fourth-order valence-corrected chi connectivity index (χ4v) is 3.24. The van der Waals surface area contributed by atoms with E-state index in [9.17, 15) is 23.2 Å². The van der Waals surface area contributed by atoms with Crippen molar-refractivity contribution in [1.82, 2.24) is 14.9 Å². The number of rotatable bonds is 6. The van der Waals surface area contributed by atoms with Gasteiger partial charge in [-0.1, -0.05) is 12.1 Å². The average Bonchev–Trinajstić information content (AvgIpc) is 2.64. The molecule has 0 aliphatic rings. The Morgan fingerprint density at radius 1 is 1.23 bits per heavy atom. The van der Waals surface area contributed by atoms with Crippen LogP contribution in [0.3, 0.4) is 0 Å². The predicted molar refractivity (Wildman–Crippen MR) is 104 cm³/mol. The van der Waals surface area contributed by atoms with Crippen molar-refractivity contribution in [2.45, 2.75) is 25.8 Å². The molecule has 1 aromatic heterocycles. The number of nitrogens with one attached hydrogen (secondary N) is 1. The van der Waals surface area contributed by atoms with Crippen LogP contribution in [-0.4, -0.2) is 26.7 Å². The number of nitrogens with two attached hydrogens (primary N) is 1. The van der Waals surface area contributed by atoms with Gasteiger partial charge < -0.3 is 16.2 Å². The number of carbonyl (C=O) groups is 2. The molecule has 2 aromatic carbocycles. The molecule has 0 saturated heterocycles. The van der Waals surface area contributed by atoms with Gasteiger partial charge in [0.05, 0.1) is 22.6 Å². The van der Waals surface area contributed by atoms with E-state index in [1.165, 1.54) is 6.92 Å². The number of halogens is 2. The number of primary amides is 1. The molecule has 4 N–H and O–H groups in total. The Kier molecular flexibility index (Phi) is 5.77. The lowest BCUT2D eigenvalue weighted by Gasteiger charge is -2.19. The maximum Gasteiger partial charge on any atom is 0.405 e. The van der Waals surface area contributed by atoms with E-state index in [4.69, 9.17) is 10.8 Å². The second kappa shape index (κ2) is 8.27. The third-order valence-corrected chi connectivity index (χ3v) is 4.48. The minimum absolute atomic E-state index is 0.00806. The van der Waals surface area contributed by atoms with Crippen molar-refractivity contribution in [3.8, 4) is 5.69 Å². The number of aryl methyl sites for hydroxylation is 1. The number of carbonyl (C=O) groups excluding carboxylic acids is 1. The van der Waals surface area contributed by atoms with Gasteiger partial charge in [-0.25, -0.2) is 18.6 Å². The summed E-state index contributed by atoms with van der Waals surface area (Å²) in [4.78, 5) is 40.1. The van der Waals surface area contributed by atoms with Crippen LogP contribution in [0, 0.1) is 11.6 Å². The number of nitrogens with zero attached hydrogens (tertiary/aromatic N) is 2. The highest BCUT2D eigenvalue weighted by atomic mass is 19.1. The number of amides is 2. The second-order valence-corrected chi connectivity index (χ2v) is 6.69. The molecule has 0 spiro atoms. The summed E-state index contributed by atoms with van der Waals surface area (Å²) >= 11 is 0. The molecule has 3 rings (SSSR count). The van der Waals surface area contributed by atoms with E-state index in [-0.39, 0.29) is 35.3 Å². The van der Waals surface area contributed by atoms with E-state index in [2.05, 4.69) is 10.3 Å². The summed E-state index contributed by atoms with van der Waals surface area (Å²) in [5.74, 6) is -2.43. The van der Waals surface area contributed by atoms with Gasteiger partial charge >= 0.3 is 6.09 Å². The van der Waals surface area contributed by atoms with Crippen LogP contribution in [0.4, 0.5) is 13.6 Å². The second-order valence-electron chi connectivity index (χ2n) is 6.69. The van der Waals surface area contributed by atoms with Crippen LogP contribution in [0.2, 0.25) is 0 Å². The Labute approximate surface area is 169 Å². The lowest BCUT2D eigenvalue weighted by molar-refractivity contribution is -0.117. The molecule has 8 nitrogen and oxygen atoms in total. The largest absolute Gasteiger partial charge is 0.465 e. The highest BCUT2D eigenvalue weighted by Gasteiger charge is 2.21. The Morgan fingerprint density at radius 2 is 1.90 bits per heavy atom. The van der Waals surface area contributed by atoms with Crippen molar-refractivity contribution in [2.24, 2.45) is 5.73 Å². The number of carboxylic acid groups (broad SMARTS) is 1. The van der Waals surface area contributed by atoms with Crippen molar-refractivity contribution < 1.29 is 23.5 Å². The molecule has 0 radical (unpaired) electrons. The van der Waals surface area contributed by atoms with Gasteiger partial charge in [-0.2, -0.15) is 0 Å². The first-order chi connectivity index (χ1) is 14.2. The van der Waals surface area contributed by atoms with E-state index in [0.717, 1.165) is 16.7 Å². The summed E-state index contributed by atoms with van der Waals surface area (Å²) in [6.45, 7) is 1.45. The molecule has 3 aromatic rings. The first kappa shape index (κ1) is 20.9. The number of aromatic nitrogens is 2. The van der Waals surface area contributed by atoms with Gasteiger partial charge in [0.2, 0.25) is 5.91 Å². The summed E-state index contributed by atoms with van der Waals surface area (Å²) in [7, 11) is 0. The minimum Gasteiger partial charge on any atom is -0.465 e. The third kappa shape index (κ3) is 4.27. The van der Waals surface area contributed by atoms with Crippen LogP contribution in [0.15, 0.2) is 41.2 Å². The molecule has 2 amide bonds. The molecule has 1 unspecified atom stereocenters. The minimum atomic E-state index is -1.36. The van der Waals surface area contributed by atoms with E-state index in [1.54, 1.807) is 18.2 Å². The molecule has 0 bridgehead atoms. The fraction of sp³-hybridized carbons (Fsp3) is 0.200. The van der Waals surface area contributed by atoms with Crippen LogP contribution < -0.4 is 16.6 Å². The Bertz CT molecular complexity index is 1190. The van der Waals surface area contributed by atoms with Gasteiger partial charge in [0.15, 0.2) is 0 Å². The maximum absolute atomic E-state index is 13.9. The van der Waals surface area contributed by atoms with Crippen molar-refractivity contribution in [3.05, 3.63) is 69.8 Å². The number of benzene rings is 2. The molecule has 0 aliphatic heterocycles. The molecule has 0 saturated carbocycles. The van der Waals surface area contributed by atoms with Crippen LogP contribution >= 0.6 is 0 Å². The Balaban J connectivity index is 2.35. The topological polar surface area (TPSA) is 127 Å². The maximum atomic E-state index is 13.9. The normalized spacial score (nSPS) is 12.0. The van der Waals surface area contributed by atoms with Gasteiger partial charge in [-0.05, 0) is 37.1 Å². The molecular formula is C20H18F2N4O4. The van der Waals surface area contributed by atoms with E-state index in [0.29, 0.717) is 11.6 Å². The molecule has 10 heteroatoms. The summed E-state index contributed by atoms with van der Waals surface area (Å²) in [5, 5.41) is 11.4. The third-order valence-electron chi connectivity index (χ3n) is 4.48. The van der Waals surface area contributed by atoms with Crippen LogP contribution in [0.25, 0.3) is 16.6 Å². The summed E-state index contributed by atoms with van der Waals surface area (Å²) < 4.78 is 28.7. The zero-order valence-electron chi connectivity index (χ0n) is 15.9. The van der Waals surface area contributed by atoms with E-state index in [1.807, 2.05) is 0 Å². The molecular weight excluding hydrogens is 398 g/mol. The molecule has 156 valence electrons. The van der Waals surface area contributed by atoms with E-state index >= 15 is 0 Å². The van der Waals surface area contributed by atoms with Crippen LogP contribution in [0.1, 0.15) is 30.8 Å². The van der Waals surface area contributed by atoms with Gasteiger partial charge in [0.1, 0.15) is 17.5 Å². The number of hydrogen-bond donors (Lipinski definition) is 3. The van der Waals surface area contributed by atoms with Crippen molar-refractivity contribution in [3.63, 3.8) is 0 Å². The van der Waals surface area contributed by atoms with Gasteiger partial charge in [-0.3, -0.25) is 14.2 Å². The van der Waals surface area contributed by atoms with Crippen LogP contribution in [0.5, 0.6) is 0 Å². The molecule has 1 heterocycles. The molecule has 0 aliphatic carbocycles. The monoisotopic (exact) mass is 416 g/mol. The summed E-state index contributed by atoms with van der Waals surface area (Å²) in [6, 6.07) is 6.39. The average molecular weight is 416 g/mol. The number of hydrogen-bond acceptors (Lipinski definition) is 4. The van der Waals surface area contributed by atoms with Crippen molar-refractivity contribution in [2.75, 3.05) is 0 Å². The predicted octanol–water partition coefficient (Wildman–Crippen LogP) is 2.41. The van der Waals surface area contributed by atoms with Crippen LogP contribution in [-0.2, 0) is 11.2 Å². The van der Waals surface area contributed by atoms with Gasteiger partial charge in [0, 0.05) is 12.5 Å². The van der Waals surface area contributed by atoms with E-state index < -0.39 is 35.2 Å². The highest BCUT2D eigenvalue weighted by Crippen LogP contribution is 2.22. The fourth-order valence-electron chi connectivity index (χ4n) is 3.24. The smallest absolute Gasteiger partial charge is 0.405 e. The quantitative estimate of drug-likeness (QED) is 0.569. The summed E-state index contributed by atoms with van der Waals surface area (Å²) in [6.07, 6.45) is -1.20. The van der Waals surface area contributed by atoms with Crippen molar-refractivity contribution >= 4 is 22.9 Å².